The van der Waals surface area contributed by atoms with Crippen LogP contribution in [-0.2, 0) is 11.2 Å². The second-order valence-electron chi connectivity index (χ2n) is 7.47. The molecule has 1 amide bonds. The molecule has 0 atom stereocenters. The molecule has 0 radical (unpaired) electrons. The summed E-state index contributed by atoms with van der Waals surface area (Å²) in [6.45, 7) is 6.46. The van der Waals surface area contributed by atoms with Crippen LogP contribution in [0, 0.1) is 0 Å². The maximum Gasteiger partial charge on any atom is 0.245 e. The van der Waals surface area contributed by atoms with Gasteiger partial charge in [-0.3, -0.25) is 14.8 Å². The number of fused-ring (bicyclic) bond motifs is 1. The van der Waals surface area contributed by atoms with E-state index in [1.165, 1.54) is 11.6 Å². The van der Waals surface area contributed by atoms with Crippen molar-refractivity contribution in [2.75, 3.05) is 20.2 Å². The van der Waals surface area contributed by atoms with E-state index in [9.17, 15) is 4.79 Å². The number of aromatic nitrogens is 3. The number of amides is 1. The number of rotatable bonds is 8. The van der Waals surface area contributed by atoms with Crippen LogP contribution in [0.15, 0.2) is 73.7 Å². The molecule has 4 aromatic rings. The molecule has 0 spiro atoms. The van der Waals surface area contributed by atoms with Gasteiger partial charge in [0.2, 0.25) is 5.91 Å². The molecule has 0 aliphatic carbocycles. The number of aromatic amines is 1. The van der Waals surface area contributed by atoms with Crippen molar-refractivity contribution in [1.29, 1.82) is 0 Å². The highest BCUT2D eigenvalue weighted by molar-refractivity contribution is 6.02. The third kappa shape index (κ3) is 4.12. The fourth-order valence-electron chi connectivity index (χ4n) is 3.82. The van der Waals surface area contributed by atoms with Gasteiger partial charge in [-0.25, -0.2) is 0 Å². The second kappa shape index (κ2) is 9.47. The molecule has 0 bridgehead atoms. The molecule has 6 nitrogen and oxygen atoms in total. The van der Waals surface area contributed by atoms with E-state index in [1.807, 2.05) is 24.4 Å². The van der Waals surface area contributed by atoms with Gasteiger partial charge in [-0.15, -0.1) is 0 Å². The number of likely N-dealkylation sites (N-methyl/N-ethyl adjacent to an activating group) is 1. The Morgan fingerprint density at radius 3 is 2.81 bits per heavy atom. The van der Waals surface area contributed by atoms with Crippen LogP contribution in [0.1, 0.15) is 12.5 Å². The summed E-state index contributed by atoms with van der Waals surface area (Å²) in [6, 6.07) is 14.3. The molecule has 6 heteroatoms. The molecule has 0 saturated heterocycles. The number of ether oxygens (including phenoxy) is 1. The third-order valence-corrected chi connectivity index (χ3v) is 5.51. The highest BCUT2D eigenvalue weighted by atomic mass is 16.5. The first kappa shape index (κ1) is 21.3. The monoisotopic (exact) mass is 426 g/mol. The number of hydrogen-bond donors (Lipinski definition) is 1. The highest BCUT2D eigenvalue weighted by Crippen LogP contribution is 2.41. The van der Waals surface area contributed by atoms with Crippen LogP contribution in [0.3, 0.4) is 0 Å². The lowest BCUT2D eigenvalue weighted by Crippen LogP contribution is -2.29. The van der Waals surface area contributed by atoms with E-state index >= 15 is 0 Å². The zero-order chi connectivity index (χ0) is 22.5. The van der Waals surface area contributed by atoms with Crippen molar-refractivity contribution in [3.05, 3.63) is 79.3 Å². The first-order valence-corrected chi connectivity index (χ1v) is 10.6. The summed E-state index contributed by atoms with van der Waals surface area (Å²) in [5.41, 5.74) is 7.16. The summed E-state index contributed by atoms with van der Waals surface area (Å²) in [6.07, 6.45) is 7.49. The number of aryl methyl sites for hydroxylation is 1. The SMILES string of the molecule is C=CC(=O)N(C)CCOc1cnccc1-c1[nH]c2cccnc2c1-c1ccccc1CC. The van der Waals surface area contributed by atoms with Gasteiger partial charge in [-0.05, 0) is 41.8 Å². The van der Waals surface area contributed by atoms with Crippen LogP contribution in [0.4, 0.5) is 0 Å². The first-order chi connectivity index (χ1) is 15.6. The minimum atomic E-state index is -0.139. The molecule has 4 rings (SSSR count). The van der Waals surface area contributed by atoms with E-state index in [0.717, 1.165) is 39.8 Å². The normalized spacial score (nSPS) is 10.8. The molecule has 32 heavy (non-hydrogen) atoms. The van der Waals surface area contributed by atoms with Gasteiger partial charge in [0.25, 0.3) is 0 Å². The average molecular weight is 427 g/mol. The molecule has 0 aliphatic rings. The Labute approximate surface area is 187 Å². The molecule has 162 valence electrons. The predicted molar refractivity (Wildman–Crippen MR) is 127 cm³/mol. The summed E-state index contributed by atoms with van der Waals surface area (Å²) in [5, 5.41) is 0. The Kier molecular flexibility index (Phi) is 6.31. The molecule has 1 aromatic carbocycles. The predicted octanol–water partition coefficient (Wildman–Crippen LogP) is 4.88. The summed E-state index contributed by atoms with van der Waals surface area (Å²) < 4.78 is 6.07. The number of nitrogens with one attached hydrogen (secondary N) is 1. The molecular formula is C26H26N4O2. The van der Waals surface area contributed by atoms with Gasteiger partial charge in [0.1, 0.15) is 12.4 Å². The Bertz CT molecular complexity index is 1260. The minimum Gasteiger partial charge on any atom is -0.489 e. The zero-order valence-electron chi connectivity index (χ0n) is 18.3. The number of pyridine rings is 2. The van der Waals surface area contributed by atoms with Crippen molar-refractivity contribution in [2.24, 2.45) is 0 Å². The van der Waals surface area contributed by atoms with Crippen LogP contribution in [0.5, 0.6) is 5.75 Å². The molecule has 0 fully saturated rings. The van der Waals surface area contributed by atoms with Crippen LogP contribution in [0.2, 0.25) is 0 Å². The Hall–Kier alpha value is -3.93. The van der Waals surface area contributed by atoms with Gasteiger partial charge in [0, 0.05) is 30.6 Å². The lowest BCUT2D eigenvalue weighted by Gasteiger charge is -2.17. The van der Waals surface area contributed by atoms with E-state index < -0.39 is 0 Å². The van der Waals surface area contributed by atoms with Gasteiger partial charge < -0.3 is 14.6 Å². The summed E-state index contributed by atoms with van der Waals surface area (Å²) in [5.74, 6) is 0.508. The standard InChI is InChI=1S/C26H26N4O2/c1-4-18-9-6-7-10-19(18)24-25(29-21-11-8-13-28-26(21)24)20-12-14-27-17-22(20)32-16-15-30(3)23(31)5-2/h5-14,17,29H,2,4,15-16H2,1,3H3. The summed E-state index contributed by atoms with van der Waals surface area (Å²) >= 11 is 0. The maximum absolute atomic E-state index is 11.7. The molecular weight excluding hydrogens is 400 g/mol. The average Bonchev–Trinajstić information content (AvgIpc) is 3.22. The number of carbonyl (C=O) groups excluding carboxylic acids is 1. The number of benzene rings is 1. The van der Waals surface area contributed by atoms with Crippen molar-refractivity contribution in [3.63, 3.8) is 0 Å². The van der Waals surface area contributed by atoms with E-state index in [4.69, 9.17) is 4.74 Å². The number of carbonyl (C=O) groups is 1. The maximum atomic E-state index is 11.7. The third-order valence-electron chi connectivity index (χ3n) is 5.51. The first-order valence-electron chi connectivity index (χ1n) is 10.6. The molecule has 0 saturated carbocycles. The number of H-pyrrole nitrogens is 1. The molecule has 3 aromatic heterocycles. The van der Waals surface area contributed by atoms with Gasteiger partial charge >= 0.3 is 0 Å². The molecule has 0 aliphatic heterocycles. The van der Waals surface area contributed by atoms with Gasteiger partial charge in [0.15, 0.2) is 0 Å². The van der Waals surface area contributed by atoms with Crippen molar-refractivity contribution in [2.45, 2.75) is 13.3 Å². The Morgan fingerprint density at radius 2 is 2.00 bits per heavy atom. The molecule has 0 unspecified atom stereocenters. The van der Waals surface area contributed by atoms with Crippen molar-refractivity contribution < 1.29 is 9.53 Å². The van der Waals surface area contributed by atoms with Gasteiger partial charge in [-0.2, -0.15) is 0 Å². The number of nitrogens with zero attached hydrogens (tertiary/aromatic N) is 3. The van der Waals surface area contributed by atoms with Crippen molar-refractivity contribution in [3.8, 4) is 28.1 Å². The van der Waals surface area contributed by atoms with Crippen molar-refractivity contribution in [1.82, 2.24) is 19.9 Å². The number of hydrogen-bond acceptors (Lipinski definition) is 4. The van der Waals surface area contributed by atoms with E-state index in [2.05, 4.69) is 52.7 Å². The summed E-state index contributed by atoms with van der Waals surface area (Å²) in [7, 11) is 1.72. The quantitative estimate of drug-likeness (QED) is 0.408. The molecule has 1 N–H and O–H groups in total. The zero-order valence-corrected chi connectivity index (χ0v) is 18.3. The van der Waals surface area contributed by atoms with Crippen molar-refractivity contribution >= 4 is 16.9 Å². The fraction of sp³-hybridized carbons (Fsp3) is 0.192. The fourth-order valence-corrected chi connectivity index (χ4v) is 3.82. The van der Waals surface area contributed by atoms with Crippen LogP contribution >= 0.6 is 0 Å². The lowest BCUT2D eigenvalue weighted by atomic mass is 9.95. The topological polar surface area (TPSA) is 71.1 Å². The Morgan fingerprint density at radius 1 is 1.16 bits per heavy atom. The van der Waals surface area contributed by atoms with Gasteiger partial charge in [-0.1, -0.05) is 37.8 Å². The van der Waals surface area contributed by atoms with Crippen LogP contribution in [0.25, 0.3) is 33.4 Å². The lowest BCUT2D eigenvalue weighted by molar-refractivity contribution is -0.125. The second-order valence-corrected chi connectivity index (χ2v) is 7.47. The van der Waals surface area contributed by atoms with E-state index in [1.54, 1.807) is 24.3 Å². The summed E-state index contributed by atoms with van der Waals surface area (Å²) in [4.78, 5) is 25.8. The smallest absolute Gasteiger partial charge is 0.245 e. The largest absolute Gasteiger partial charge is 0.489 e. The van der Waals surface area contributed by atoms with E-state index in [-0.39, 0.29) is 5.91 Å². The minimum absolute atomic E-state index is 0.139. The van der Waals surface area contributed by atoms with Crippen LogP contribution in [-0.4, -0.2) is 46.0 Å². The Balaban J connectivity index is 1.78. The highest BCUT2D eigenvalue weighted by Gasteiger charge is 2.20. The van der Waals surface area contributed by atoms with Gasteiger partial charge in [0.05, 0.1) is 29.5 Å². The van der Waals surface area contributed by atoms with Crippen LogP contribution < -0.4 is 4.74 Å². The molecule has 3 heterocycles. The van der Waals surface area contributed by atoms with E-state index in [0.29, 0.717) is 18.9 Å².